The number of hydrogen-bond donors (Lipinski definition) is 2. The van der Waals surface area contributed by atoms with E-state index in [1.807, 2.05) is 35.2 Å². The molecule has 0 radical (unpaired) electrons. The van der Waals surface area contributed by atoms with Gasteiger partial charge in [0.05, 0.1) is 0 Å². The van der Waals surface area contributed by atoms with E-state index in [0.29, 0.717) is 18.3 Å². The van der Waals surface area contributed by atoms with Crippen LogP contribution in [0.15, 0.2) is 30.3 Å². The van der Waals surface area contributed by atoms with Gasteiger partial charge in [-0.2, -0.15) is 0 Å². The Balaban J connectivity index is 1.93. The number of benzene rings is 1. The first-order valence-electron chi connectivity index (χ1n) is 8.67. The van der Waals surface area contributed by atoms with E-state index in [2.05, 4.69) is 19.2 Å². The first-order chi connectivity index (χ1) is 11.4. The van der Waals surface area contributed by atoms with Crippen LogP contribution in [0.2, 0.25) is 0 Å². The number of amides is 2. The highest BCUT2D eigenvalue weighted by atomic mass is 16.4. The zero-order chi connectivity index (χ0) is 17.6. The summed E-state index contributed by atoms with van der Waals surface area (Å²) in [5.74, 6) is -0.831. The Morgan fingerprint density at radius 3 is 2.42 bits per heavy atom. The van der Waals surface area contributed by atoms with Gasteiger partial charge in [-0.05, 0) is 36.7 Å². The van der Waals surface area contributed by atoms with E-state index in [9.17, 15) is 9.59 Å². The third-order valence-electron chi connectivity index (χ3n) is 4.76. The highest BCUT2D eigenvalue weighted by Gasteiger charge is 2.28. The van der Waals surface area contributed by atoms with Crippen molar-refractivity contribution in [1.82, 2.24) is 10.2 Å². The van der Waals surface area contributed by atoms with Crippen molar-refractivity contribution in [3.63, 3.8) is 0 Å². The zero-order valence-corrected chi connectivity index (χ0v) is 14.6. The molecular weight excluding hydrogens is 304 g/mol. The average molecular weight is 332 g/mol. The number of rotatable bonds is 6. The first kappa shape index (κ1) is 18.3. The monoisotopic (exact) mass is 332 g/mol. The van der Waals surface area contributed by atoms with Crippen molar-refractivity contribution in [1.29, 1.82) is 0 Å². The van der Waals surface area contributed by atoms with Crippen molar-refractivity contribution in [2.24, 2.45) is 5.41 Å². The molecule has 2 amide bonds. The molecule has 0 aliphatic carbocycles. The normalized spacial score (nSPS) is 18.0. The van der Waals surface area contributed by atoms with Crippen molar-refractivity contribution < 1.29 is 14.7 Å². The highest BCUT2D eigenvalue weighted by Crippen LogP contribution is 2.29. The second kappa shape index (κ2) is 8.18. The summed E-state index contributed by atoms with van der Waals surface area (Å²) in [6.07, 6.45) is 3.15. The van der Waals surface area contributed by atoms with Crippen molar-refractivity contribution in [2.45, 2.75) is 52.0 Å². The minimum absolute atomic E-state index is 0.0603. The highest BCUT2D eigenvalue weighted by molar-refractivity contribution is 5.75. The predicted octanol–water partition coefficient (Wildman–Crippen LogP) is 3.29. The Hall–Kier alpha value is -2.04. The van der Waals surface area contributed by atoms with E-state index in [4.69, 9.17) is 5.11 Å². The summed E-state index contributed by atoms with van der Waals surface area (Å²) in [5, 5.41) is 12.0. The van der Waals surface area contributed by atoms with Gasteiger partial charge < -0.3 is 15.3 Å². The molecule has 1 aliphatic heterocycles. The molecule has 0 spiro atoms. The number of nitrogens with one attached hydrogen (secondary N) is 1. The summed E-state index contributed by atoms with van der Waals surface area (Å²) >= 11 is 0. The second-order valence-corrected chi connectivity index (χ2v) is 7.42. The Bertz CT molecular complexity index is 547. The van der Waals surface area contributed by atoms with Crippen LogP contribution in [0.1, 0.15) is 45.1 Å². The van der Waals surface area contributed by atoms with Gasteiger partial charge in [-0.1, -0.05) is 44.2 Å². The molecule has 1 aliphatic rings. The Morgan fingerprint density at radius 1 is 1.21 bits per heavy atom. The lowest BCUT2D eigenvalue weighted by Crippen LogP contribution is -2.49. The maximum Gasteiger partial charge on any atom is 0.317 e. The van der Waals surface area contributed by atoms with Gasteiger partial charge in [0.1, 0.15) is 0 Å². The fourth-order valence-electron chi connectivity index (χ4n) is 3.00. The van der Waals surface area contributed by atoms with E-state index >= 15 is 0 Å². The third-order valence-corrected chi connectivity index (χ3v) is 4.76. The summed E-state index contributed by atoms with van der Waals surface area (Å²) in [7, 11) is 0. The minimum atomic E-state index is -0.831. The number of hydrogen-bond acceptors (Lipinski definition) is 2. The van der Waals surface area contributed by atoms with Crippen LogP contribution in [0.4, 0.5) is 4.79 Å². The number of carbonyl (C=O) groups is 2. The van der Waals surface area contributed by atoms with Gasteiger partial charge in [0.25, 0.3) is 0 Å². The molecule has 2 N–H and O–H groups in total. The minimum Gasteiger partial charge on any atom is -0.481 e. The fraction of sp³-hybridized carbons (Fsp3) is 0.579. The molecule has 1 unspecified atom stereocenters. The van der Waals surface area contributed by atoms with E-state index in [1.165, 1.54) is 0 Å². The van der Waals surface area contributed by atoms with Crippen LogP contribution in [0.5, 0.6) is 0 Å². The molecule has 1 atom stereocenters. The maximum absolute atomic E-state index is 12.5. The van der Waals surface area contributed by atoms with Crippen LogP contribution in [0.3, 0.4) is 0 Å². The molecule has 5 nitrogen and oxygen atoms in total. The summed E-state index contributed by atoms with van der Waals surface area (Å²) < 4.78 is 0. The molecule has 1 aromatic carbocycles. The molecule has 0 bridgehead atoms. The molecule has 1 saturated heterocycles. The number of urea groups is 1. The largest absolute Gasteiger partial charge is 0.481 e. The van der Waals surface area contributed by atoms with Crippen molar-refractivity contribution in [3.05, 3.63) is 35.9 Å². The SMILES string of the molecule is CC1(C)CCN(C(=O)NC(CCC(=O)O)Cc2ccccc2)CC1. The second-order valence-electron chi connectivity index (χ2n) is 7.42. The maximum atomic E-state index is 12.5. The summed E-state index contributed by atoms with van der Waals surface area (Å²) in [6, 6.07) is 9.63. The zero-order valence-electron chi connectivity index (χ0n) is 14.6. The third kappa shape index (κ3) is 5.87. The number of nitrogens with zero attached hydrogens (tertiary/aromatic N) is 1. The van der Waals surface area contributed by atoms with E-state index in [-0.39, 0.29) is 18.5 Å². The molecule has 0 aromatic heterocycles. The summed E-state index contributed by atoms with van der Waals surface area (Å²) in [6.45, 7) is 5.98. The molecule has 1 heterocycles. The predicted molar refractivity (Wildman–Crippen MR) is 93.9 cm³/mol. The number of likely N-dealkylation sites (tertiary alicyclic amines) is 1. The summed E-state index contributed by atoms with van der Waals surface area (Å²) in [4.78, 5) is 25.3. The number of piperidine rings is 1. The number of carboxylic acids is 1. The molecule has 132 valence electrons. The smallest absolute Gasteiger partial charge is 0.317 e. The van der Waals surface area contributed by atoms with Crippen LogP contribution >= 0.6 is 0 Å². The molecule has 5 heteroatoms. The number of aliphatic carboxylic acids is 1. The lowest BCUT2D eigenvalue weighted by molar-refractivity contribution is -0.137. The molecule has 0 saturated carbocycles. The molecule has 1 aromatic rings. The quantitative estimate of drug-likeness (QED) is 0.840. The molecule has 2 rings (SSSR count). The van der Waals surface area contributed by atoms with Crippen LogP contribution in [0.25, 0.3) is 0 Å². The fourth-order valence-corrected chi connectivity index (χ4v) is 3.00. The topological polar surface area (TPSA) is 69.6 Å². The van der Waals surface area contributed by atoms with Gasteiger partial charge in [-0.15, -0.1) is 0 Å². The van der Waals surface area contributed by atoms with Crippen LogP contribution in [-0.4, -0.2) is 41.1 Å². The van der Waals surface area contributed by atoms with E-state index < -0.39 is 5.97 Å². The van der Waals surface area contributed by atoms with Crippen LogP contribution in [-0.2, 0) is 11.2 Å². The molecule has 24 heavy (non-hydrogen) atoms. The Labute approximate surface area is 144 Å². The lowest BCUT2D eigenvalue weighted by atomic mass is 9.83. The molecular formula is C19H28N2O3. The van der Waals surface area contributed by atoms with Gasteiger partial charge in [0.2, 0.25) is 0 Å². The van der Waals surface area contributed by atoms with Crippen LogP contribution < -0.4 is 5.32 Å². The van der Waals surface area contributed by atoms with Gasteiger partial charge in [-0.25, -0.2) is 4.79 Å². The van der Waals surface area contributed by atoms with Crippen molar-refractivity contribution in [3.8, 4) is 0 Å². The lowest BCUT2D eigenvalue weighted by Gasteiger charge is -2.37. The first-order valence-corrected chi connectivity index (χ1v) is 8.67. The van der Waals surface area contributed by atoms with Crippen molar-refractivity contribution >= 4 is 12.0 Å². The Kier molecular flexibility index (Phi) is 6.23. The molecule has 1 fully saturated rings. The van der Waals surface area contributed by atoms with E-state index in [1.54, 1.807) is 0 Å². The van der Waals surface area contributed by atoms with E-state index in [0.717, 1.165) is 31.5 Å². The van der Waals surface area contributed by atoms with Gasteiger partial charge in [0, 0.05) is 25.6 Å². The summed E-state index contributed by atoms with van der Waals surface area (Å²) in [5.41, 5.74) is 1.40. The Morgan fingerprint density at radius 2 is 1.83 bits per heavy atom. The van der Waals surface area contributed by atoms with Crippen LogP contribution in [0, 0.1) is 5.41 Å². The number of carbonyl (C=O) groups excluding carboxylic acids is 1. The van der Waals surface area contributed by atoms with Gasteiger partial charge in [-0.3, -0.25) is 4.79 Å². The standard InChI is InChI=1S/C19H28N2O3/c1-19(2)10-12-21(13-11-19)18(24)20-16(8-9-17(22)23)14-15-6-4-3-5-7-15/h3-7,16H,8-14H2,1-2H3,(H,20,24)(H,22,23). The average Bonchev–Trinajstić information content (AvgIpc) is 2.53. The van der Waals surface area contributed by atoms with Crippen molar-refractivity contribution in [2.75, 3.05) is 13.1 Å². The van der Waals surface area contributed by atoms with Gasteiger partial charge >= 0.3 is 12.0 Å². The number of carboxylic acid groups (broad SMARTS) is 1. The van der Waals surface area contributed by atoms with Gasteiger partial charge in [0.15, 0.2) is 0 Å².